The molecule has 6 rings (SSSR count). The van der Waals surface area contributed by atoms with Crippen LogP contribution in [0.1, 0.15) is 35.2 Å². The van der Waals surface area contributed by atoms with Gasteiger partial charge in [0.15, 0.2) is 20.7 Å². The second-order valence-electron chi connectivity index (χ2n) is 9.20. The van der Waals surface area contributed by atoms with E-state index in [1.807, 2.05) is 17.0 Å². The smallest absolute Gasteiger partial charge is 0.267 e. The summed E-state index contributed by atoms with van der Waals surface area (Å²) in [6, 6.07) is 12.0. The Morgan fingerprint density at radius 2 is 1.89 bits per heavy atom. The Balaban J connectivity index is 1.42. The van der Waals surface area contributed by atoms with Gasteiger partial charge >= 0.3 is 0 Å². The summed E-state index contributed by atoms with van der Waals surface area (Å²) in [6.45, 7) is 0.150. The van der Waals surface area contributed by atoms with Gasteiger partial charge in [-0.1, -0.05) is 30.3 Å². The van der Waals surface area contributed by atoms with Gasteiger partial charge in [-0.05, 0) is 37.0 Å². The SMILES string of the molecule is CN1C(=O)c2c(nn(Cc3ccc(-c4cccc(F)n4)cc3)c2S(C)(=O)=O)N2C1=NC1CCCC12. The van der Waals surface area contributed by atoms with Gasteiger partial charge in [-0.15, -0.1) is 0 Å². The van der Waals surface area contributed by atoms with Crippen molar-refractivity contribution < 1.29 is 17.6 Å². The van der Waals surface area contributed by atoms with Crippen molar-refractivity contribution >= 4 is 27.5 Å². The normalized spacial score (nSPS) is 21.1. The monoisotopic (exact) mass is 494 g/mol. The molecule has 1 amide bonds. The number of hydrogen-bond acceptors (Lipinski definition) is 7. The maximum absolute atomic E-state index is 13.5. The van der Waals surface area contributed by atoms with Crippen LogP contribution >= 0.6 is 0 Å². The molecule has 0 saturated heterocycles. The molecule has 9 nitrogen and oxygen atoms in total. The summed E-state index contributed by atoms with van der Waals surface area (Å²) >= 11 is 0. The fourth-order valence-corrected chi connectivity index (χ4v) is 6.32. The maximum atomic E-state index is 13.5. The summed E-state index contributed by atoms with van der Waals surface area (Å²) < 4.78 is 40.7. The van der Waals surface area contributed by atoms with Crippen LogP contribution in [-0.4, -0.2) is 65.3 Å². The third-order valence-corrected chi connectivity index (χ3v) is 7.97. The first-order valence-electron chi connectivity index (χ1n) is 11.4. The van der Waals surface area contributed by atoms with E-state index in [2.05, 4.69) is 10.1 Å². The van der Waals surface area contributed by atoms with Crippen molar-refractivity contribution in [1.29, 1.82) is 0 Å². The number of carbonyl (C=O) groups is 1. The average Bonchev–Trinajstić information content (AvgIpc) is 3.50. The number of amides is 1. The standard InChI is InChI=1S/C24H23FN6O3S/c1-29-22(32)20-21(31-18-7-3-6-17(18)27-24(29)31)28-30(23(20)35(2,33)34)13-14-9-11-15(12-10-14)16-5-4-8-19(25)26-16/h4-5,8-12,17-18H,3,6-7,13H2,1-2H3. The molecular weight excluding hydrogens is 471 g/mol. The van der Waals surface area contributed by atoms with Gasteiger partial charge in [0.25, 0.3) is 5.91 Å². The number of rotatable bonds is 4. The summed E-state index contributed by atoms with van der Waals surface area (Å²) in [5.74, 6) is -0.0827. The first-order valence-corrected chi connectivity index (χ1v) is 13.3. The van der Waals surface area contributed by atoms with Crippen LogP contribution in [0.5, 0.6) is 0 Å². The highest BCUT2D eigenvalue weighted by Gasteiger charge is 2.50. The first kappa shape index (κ1) is 21.9. The molecule has 2 aromatic heterocycles. The lowest BCUT2D eigenvalue weighted by molar-refractivity contribution is 0.0861. The van der Waals surface area contributed by atoms with Gasteiger partial charge in [-0.25, -0.2) is 23.1 Å². The van der Waals surface area contributed by atoms with Gasteiger partial charge in [0.2, 0.25) is 11.9 Å². The molecule has 0 radical (unpaired) electrons. The summed E-state index contributed by atoms with van der Waals surface area (Å²) in [6.07, 6.45) is 3.98. The van der Waals surface area contributed by atoms with E-state index in [1.54, 1.807) is 31.3 Å². The number of aliphatic imine (C=N–C) groups is 1. The molecule has 1 aliphatic carbocycles. The van der Waals surface area contributed by atoms with Crippen molar-refractivity contribution in [2.24, 2.45) is 4.99 Å². The zero-order valence-electron chi connectivity index (χ0n) is 19.2. The van der Waals surface area contributed by atoms with Crippen molar-refractivity contribution in [2.45, 2.75) is 42.9 Å². The second kappa shape index (κ2) is 7.70. The number of nitrogens with zero attached hydrogens (tertiary/aromatic N) is 6. The lowest BCUT2D eigenvalue weighted by atomic mass is 10.1. The lowest BCUT2D eigenvalue weighted by Crippen LogP contribution is -2.51. The third kappa shape index (κ3) is 3.44. The van der Waals surface area contributed by atoms with E-state index < -0.39 is 21.7 Å². The molecule has 180 valence electrons. The van der Waals surface area contributed by atoms with E-state index in [1.165, 1.54) is 15.6 Å². The topological polar surface area (TPSA) is 101 Å². The molecule has 0 N–H and O–H groups in total. The highest BCUT2D eigenvalue weighted by molar-refractivity contribution is 7.90. The molecule has 3 aromatic rings. The number of sulfone groups is 1. The summed E-state index contributed by atoms with van der Waals surface area (Å²) in [5, 5.41) is 4.57. The summed E-state index contributed by atoms with van der Waals surface area (Å²) in [4.78, 5) is 25.3. The molecule has 1 fully saturated rings. The van der Waals surface area contributed by atoms with Crippen LogP contribution in [0.4, 0.5) is 10.2 Å². The average molecular weight is 495 g/mol. The fraction of sp³-hybridized carbons (Fsp3) is 0.333. The Hall–Kier alpha value is -3.60. The van der Waals surface area contributed by atoms with Crippen molar-refractivity contribution in [2.75, 3.05) is 18.2 Å². The van der Waals surface area contributed by atoms with Crippen molar-refractivity contribution in [1.82, 2.24) is 19.7 Å². The highest BCUT2D eigenvalue weighted by atomic mass is 32.2. The number of fused-ring (bicyclic) bond motifs is 5. The van der Waals surface area contributed by atoms with Crippen LogP contribution in [0.15, 0.2) is 52.5 Å². The Kier molecular flexibility index (Phi) is 4.82. The van der Waals surface area contributed by atoms with Crippen LogP contribution < -0.4 is 4.90 Å². The third-order valence-electron chi connectivity index (χ3n) is 6.85. The van der Waals surface area contributed by atoms with Gasteiger partial charge in [0.1, 0.15) is 5.56 Å². The van der Waals surface area contributed by atoms with Gasteiger partial charge in [-0.3, -0.25) is 14.6 Å². The quantitative estimate of drug-likeness (QED) is 0.517. The second-order valence-corrected chi connectivity index (χ2v) is 11.1. The molecule has 35 heavy (non-hydrogen) atoms. The van der Waals surface area contributed by atoms with Crippen LogP contribution in [0, 0.1) is 5.95 Å². The van der Waals surface area contributed by atoms with Crippen LogP contribution in [0.3, 0.4) is 0 Å². The molecule has 4 heterocycles. The van der Waals surface area contributed by atoms with Gasteiger partial charge in [0, 0.05) is 18.9 Å². The van der Waals surface area contributed by atoms with Gasteiger partial charge in [-0.2, -0.15) is 9.49 Å². The highest BCUT2D eigenvalue weighted by Crippen LogP contribution is 2.42. The van der Waals surface area contributed by atoms with Crippen molar-refractivity contribution in [3.05, 3.63) is 59.5 Å². The minimum absolute atomic E-state index is 0.0770. The summed E-state index contributed by atoms with van der Waals surface area (Å²) in [7, 11) is -2.15. The minimum atomic E-state index is -3.78. The molecular formula is C24H23FN6O3S. The molecule has 2 unspecified atom stereocenters. The number of benzene rings is 1. The molecule has 2 aliphatic heterocycles. The number of guanidine groups is 1. The van der Waals surface area contributed by atoms with E-state index in [0.717, 1.165) is 36.6 Å². The molecule has 1 saturated carbocycles. The molecule has 0 bridgehead atoms. The number of anilines is 1. The molecule has 0 spiro atoms. The number of hydrogen-bond donors (Lipinski definition) is 0. The zero-order chi connectivity index (χ0) is 24.5. The largest absolute Gasteiger partial charge is 0.289 e. The zero-order valence-corrected chi connectivity index (χ0v) is 20.0. The van der Waals surface area contributed by atoms with Crippen LogP contribution in [-0.2, 0) is 16.4 Å². The van der Waals surface area contributed by atoms with Crippen LogP contribution in [0.25, 0.3) is 11.3 Å². The van der Waals surface area contributed by atoms with E-state index >= 15 is 0 Å². The minimum Gasteiger partial charge on any atom is -0.289 e. The molecule has 11 heteroatoms. The van der Waals surface area contributed by atoms with Crippen LogP contribution in [0.2, 0.25) is 0 Å². The molecule has 2 atom stereocenters. The predicted molar refractivity (Wildman–Crippen MR) is 128 cm³/mol. The molecule has 1 aromatic carbocycles. The van der Waals surface area contributed by atoms with Crippen molar-refractivity contribution in [3.63, 3.8) is 0 Å². The van der Waals surface area contributed by atoms with E-state index in [0.29, 0.717) is 17.5 Å². The van der Waals surface area contributed by atoms with E-state index in [4.69, 9.17) is 4.99 Å². The Morgan fingerprint density at radius 1 is 1.11 bits per heavy atom. The number of carbonyl (C=O) groups excluding carboxylic acids is 1. The number of aromatic nitrogens is 3. The Labute approximate surface area is 201 Å². The number of pyridine rings is 1. The lowest BCUT2D eigenvalue weighted by Gasteiger charge is -2.33. The Bertz CT molecular complexity index is 1500. The number of halogens is 1. The van der Waals surface area contributed by atoms with E-state index in [-0.39, 0.29) is 29.2 Å². The van der Waals surface area contributed by atoms with E-state index in [9.17, 15) is 17.6 Å². The van der Waals surface area contributed by atoms with Gasteiger partial charge < -0.3 is 0 Å². The predicted octanol–water partition coefficient (Wildman–Crippen LogP) is 2.72. The van der Waals surface area contributed by atoms with Crippen molar-refractivity contribution in [3.8, 4) is 11.3 Å². The summed E-state index contributed by atoms with van der Waals surface area (Å²) in [5.41, 5.74) is 2.12. The maximum Gasteiger partial charge on any atom is 0.267 e. The fourth-order valence-electron chi connectivity index (χ4n) is 5.29. The Morgan fingerprint density at radius 3 is 2.60 bits per heavy atom. The van der Waals surface area contributed by atoms with Gasteiger partial charge in [0.05, 0.1) is 24.3 Å². The molecule has 3 aliphatic rings. The first-order chi connectivity index (χ1) is 16.7.